The van der Waals surface area contributed by atoms with Gasteiger partial charge in [-0.1, -0.05) is 16.8 Å². The van der Waals surface area contributed by atoms with Crippen molar-refractivity contribution in [2.75, 3.05) is 18.5 Å². The Morgan fingerprint density at radius 1 is 1.53 bits per heavy atom. The number of nitrogens with zero attached hydrogens (tertiary/aromatic N) is 4. The second kappa shape index (κ2) is 6.30. The molecule has 2 aromatic heterocycles. The number of anilines is 1. The van der Waals surface area contributed by atoms with E-state index in [0.29, 0.717) is 24.5 Å². The van der Waals surface area contributed by atoms with E-state index in [0.717, 1.165) is 4.68 Å². The summed E-state index contributed by atoms with van der Waals surface area (Å²) in [6.07, 6.45) is 3.27. The molecule has 0 aliphatic carbocycles. The van der Waals surface area contributed by atoms with Crippen molar-refractivity contribution >= 4 is 17.3 Å². The van der Waals surface area contributed by atoms with Gasteiger partial charge in [-0.3, -0.25) is 4.79 Å². The van der Waals surface area contributed by atoms with Crippen molar-refractivity contribution in [1.29, 1.82) is 0 Å². The van der Waals surface area contributed by atoms with Crippen molar-refractivity contribution in [1.82, 2.24) is 19.9 Å². The van der Waals surface area contributed by atoms with Crippen molar-refractivity contribution in [2.24, 2.45) is 0 Å². The van der Waals surface area contributed by atoms with Gasteiger partial charge < -0.3 is 14.9 Å². The Morgan fingerprint density at radius 2 is 2.37 bits per heavy atom. The fourth-order valence-corrected chi connectivity index (χ4v) is 1.67. The SMILES string of the molecule is O=c1c(Cl)c(NCCc2ncno2)cnn1CCO. The highest BCUT2D eigenvalue weighted by Crippen LogP contribution is 2.14. The summed E-state index contributed by atoms with van der Waals surface area (Å²) >= 11 is 5.93. The first-order valence-electron chi connectivity index (χ1n) is 5.58. The Labute approximate surface area is 113 Å². The van der Waals surface area contributed by atoms with Crippen molar-refractivity contribution in [2.45, 2.75) is 13.0 Å². The van der Waals surface area contributed by atoms with Crippen LogP contribution in [0.25, 0.3) is 0 Å². The topological polar surface area (TPSA) is 106 Å². The molecule has 0 amide bonds. The molecule has 102 valence electrons. The van der Waals surface area contributed by atoms with E-state index in [9.17, 15) is 4.79 Å². The van der Waals surface area contributed by atoms with Crippen LogP contribution in [0.2, 0.25) is 5.02 Å². The lowest BCUT2D eigenvalue weighted by Gasteiger charge is -2.08. The Bertz CT molecular complexity index is 583. The van der Waals surface area contributed by atoms with Crippen LogP contribution in [0.4, 0.5) is 5.69 Å². The fraction of sp³-hybridized carbons (Fsp3) is 0.400. The van der Waals surface area contributed by atoms with Gasteiger partial charge in [-0.25, -0.2) is 4.68 Å². The number of halogens is 1. The molecule has 0 spiro atoms. The molecule has 0 bridgehead atoms. The van der Waals surface area contributed by atoms with E-state index in [-0.39, 0.29) is 18.2 Å². The molecule has 19 heavy (non-hydrogen) atoms. The van der Waals surface area contributed by atoms with Crippen LogP contribution in [0.15, 0.2) is 21.8 Å². The third kappa shape index (κ3) is 3.30. The molecule has 8 nitrogen and oxygen atoms in total. The van der Waals surface area contributed by atoms with Crippen molar-refractivity contribution in [3.63, 3.8) is 0 Å². The minimum atomic E-state index is -0.446. The molecule has 2 heterocycles. The number of hydrogen-bond acceptors (Lipinski definition) is 7. The van der Waals surface area contributed by atoms with E-state index in [1.165, 1.54) is 12.5 Å². The quantitative estimate of drug-likeness (QED) is 0.765. The van der Waals surface area contributed by atoms with Crippen LogP contribution in [0, 0.1) is 0 Å². The summed E-state index contributed by atoms with van der Waals surface area (Å²) in [4.78, 5) is 15.6. The molecule has 2 rings (SSSR count). The summed E-state index contributed by atoms with van der Waals surface area (Å²) in [6.45, 7) is 0.418. The third-order valence-corrected chi connectivity index (χ3v) is 2.72. The van der Waals surface area contributed by atoms with E-state index >= 15 is 0 Å². The summed E-state index contributed by atoms with van der Waals surface area (Å²) in [5, 5.41) is 19.1. The van der Waals surface area contributed by atoms with Crippen LogP contribution in [0.1, 0.15) is 5.89 Å². The van der Waals surface area contributed by atoms with Gasteiger partial charge in [0.15, 0.2) is 6.33 Å². The molecule has 2 aromatic rings. The number of aromatic nitrogens is 4. The van der Waals surface area contributed by atoms with Gasteiger partial charge in [0.05, 0.1) is 25.0 Å². The van der Waals surface area contributed by atoms with Crippen molar-refractivity contribution < 1.29 is 9.63 Å². The fourth-order valence-electron chi connectivity index (χ4n) is 1.45. The predicted molar refractivity (Wildman–Crippen MR) is 67.1 cm³/mol. The first kappa shape index (κ1) is 13.5. The lowest BCUT2D eigenvalue weighted by atomic mass is 10.4. The summed E-state index contributed by atoms with van der Waals surface area (Å²) in [5.41, 5.74) is -0.0149. The molecule has 2 N–H and O–H groups in total. The van der Waals surface area contributed by atoms with Crippen molar-refractivity contribution in [3.05, 3.63) is 33.8 Å². The molecule has 0 aliphatic heterocycles. The highest BCUT2D eigenvalue weighted by molar-refractivity contribution is 6.32. The van der Waals surface area contributed by atoms with Crippen LogP contribution in [-0.2, 0) is 13.0 Å². The van der Waals surface area contributed by atoms with Gasteiger partial charge in [0.25, 0.3) is 5.56 Å². The van der Waals surface area contributed by atoms with E-state index in [2.05, 4.69) is 20.6 Å². The molecule has 0 aromatic carbocycles. The zero-order valence-corrected chi connectivity index (χ0v) is 10.7. The smallest absolute Gasteiger partial charge is 0.287 e. The average Bonchev–Trinajstić information content (AvgIpc) is 2.91. The second-order valence-corrected chi connectivity index (χ2v) is 4.01. The Kier molecular flexibility index (Phi) is 4.48. The van der Waals surface area contributed by atoms with Gasteiger partial charge in [-0.2, -0.15) is 10.1 Å². The highest BCUT2D eigenvalue weighted by Gasteiger charge is 2.09. The molecule has 0 unspecified atom stereocenters. The molecule has 0 saturated heterocycles. The van der Waals surface area contributed by atoms with Gasteiger partial charge in [-0.15, -0.1) is 0 Å². The highest BCUT2D eigenvalue weighted by atomic mass is 35.5. The predicted octanol–water partition coefficient (Wildman–Crippen LogP) is -0.0734. The van der Waals surface area contributed by atoms with Crippen LogP contribution in [0.3, 0.4) is 0 Å². The summed E-state index contributed by atoms with van der Waals surface area (Å²) < 4.78 is 5.94. The average molecular weight is 286 g/mol. The maximum absolute atomic E-state index is 11.7. The van der Waals surface area contributed by atoms with Crippen molar-refractivity contribution in [3.8, 4) is 0 Å². The second-order valence-electron chi connectivity index (χ2n) is 3.64. The minimum Gasteiger partial charge on any atom is -0.394 e. The first-order chi connectivity index (χ1) is 9.22. The first-order valence-corrected chi connectivity index (χ1v) is 5.96. The number of aliphatic hydroxyl groups is 1. The lowest BCUT2D eigenvalue weighted by Crippen LogP contribution is -2.25. The molecule has 0 atom stereocenters. The molecular weight excluding hydrogens is 274 g/mol. The van der Waals surface area contributed by atoms with E-state index < -0.39 is 5.56 Å². The Morgan fingerprint density at radius 3 is 3.05 bits per heavy atom. The van der Waals surface area contributed by atoms with Crippen LogP contribution < -0.4 is 10.9 Å². The van der Waals surface area contributed by atoms with Crippen LogP contribution in [0.5, 0.6) is 0 Å². The summed E-state index contributed by atoms with van der Waals surface area (Å²) in [7, 11) is 0. The monoisotopic (exact) mass is 285 g/mol. The third-order valence-electron chi connectivity index (χ3n) is 2.36. The number of hydrogen-bond donors (Lipinski definition) is 2. The van der Waals surface area contributed by atoms with Gasteiger partial charge in [-0.05, 0) is 0 Å². The van der Waals surface area contributed by atoms with Gasteiger partial charge >= 0.3 is 0 Å². The van der Waals surface area contributed by atoms with E-state index in [1.807, 2.05) is 0 Å². The number of nitrogens with one attached hydrogen (secondary N) is 1. The summed E-state index contributed by atoms with van der Waals surface area (Å²) in [5.74, 6) is 0.491. The molecule has 9 heteroatoms. The molecular formula is C10H12ClN5O3. The molecule has 0 fully saturated rings. The summed E-state index contributed by atoms with van der Waals surface area (Å²) in [6, 6.07) is 0. The zero-order valence-electron chi connectivity index (χ0n) is 9.91. The van der Waals surface area contributed by atoms with Gasteiger partial charge in [0.2, 0.25) is 5.89 Å². The maximum atomic E-state index is 11.7. The van der Waals surface area contributed by atoms with Crippen LogP contribution in [-0.4, -0.2) is 38.2 Å². The number of rotatable bonds is 6. The minimum absolute atomic E-state index is 0.0361. The lowest BCUT2D eigenvalue weighted by molar-refractivity contribution is 0.266. The maximum Gasteiger partial charge on any atom is 0.287 e. The normalized spacial score (nSPS) is 10.6. The largest absolute Gasteiger partial charge is 0.394 e. The molecule has 0 radical (unpaired) electrons. The molecule has 0 saturated carbocycles. The van der Waals surface area contributed by atoms with E-state index in [1.54, 1.807) is 0 Å². The Balaban J connectivity index is 2.01. The zero-order chi connectivity index (χ0) is 13.7. The standard InChI is InChI=1S/C10H12ClN5O3/c11-9-7(5-14-16(3-4-17)10(9)18)12-2-1-8-13-6-15-19-8/h5-6,12,17H,1-4H2. The van der Waals surface area contributed by atoms with Gasteiger partial charge in [0, 0.05) is 13.0 Å². The molecule has 0 aliphatic rings. The van der Waals surface area contributed by atoms with Crippen LogP contribution >= 0.6 is 11.6 Å². The van der Waals surface area contributed by atoms with Gasteiger partial charge in [0.1, 0.15) is 5.02 Å². The van der Waals surface area contributed by atoms with E-state index in [4.69, 9.17) is 21.2 Å². The Hall–Kier alpha value is -1.93. The number of aliphatic hydroxyl groups excluding tert-OH is 1.